The van der Waals surface area contributed by atoms with Crippen molar-refractivity contribution < 1.29 is 33.7 Å². The molecule has 0 aromatic rings. The zero-order chi connectivity index (χ0) is 28.9. The minimum atomic E-state index is -1.14. The Morgan fingerprint density at radius 1 is 1.23 bits per heavy atom. The first-order valence-corrected chi connectivity index (χ1v) is 14.9. The van der Waals surface area contributed by atoms with E-state index >= 15 is 0 Å². The van der Waals surface area contributed by atoms with Crippen molar-refractivity contribution in [3.8, 4) is 0 Å². The molecule has 4 aliphatic heterocycles. The van der Waals surface area contributed by atoms with Gasteiger partial charge in [-0.15, -0.1) is 13.2 Å². The van der Waals surface area contributed by atoms with Crippen LogP contribution in [-0.2, 0) is 28.6 Å². The molecular weight excluding hydrogens is 514 g/mol. The number of unbranched alkanes of at least 4 members (excludes halogenated alkanes) is 1. The molecule has 4 saturated heterocycles. The number of amides is 2. The fourth-order valence-corrected chi connectivity index (χ4v) is 7.30. The Morgan fingerprint density at radius 3 is 2.60 bits per heavy atom. The maximum atomic E-state index is 14.5. The van der Waals surface area contributed by atoms with Crippen molar-refractivity contribution >= 4 is 17.8 Å². The van der Waals surface area contributed by atoms with Crippen LogP contribution in [0.25, 0.3) is 0 Å². The normalized spacial score (nSPS) is 32.1. The Kier molecular flexibility index (Phi) is 10.1. The number of ether oxygens (including phenoxy) is 3. The highest BCUT2D eigenvalue weighted by molar-refractivity contribution is 5.98. The van der Waals surface area contributed by atoms with Crippen molar-refractivity contribution in [2.75, 3.05) is 59.2 Å². The van der Waals surface area contributed by atoms with Crippen LogP contribution >= 0.6 is 0 Å². The second kappa shape index (κ2) is 13.1. The van der Waals surface area contributed by atoms with E-state index in [2.05, 4.69) is 18.1 Å². The van der Waals surface area contributed by atoms with Crippen molar-refractivity contribution in [3.63, 3.8) is 0 Å². The van der Waals surface area contributed by atoms with Crippen LogP contribution in [0.3, 0.4) is 0 Å². The van der Waals surface area contributed by atoms with E-state index in [0.717, 1.165) is 19.5 Å². The molecule has 0 aromatic carbocycles. The smallest absolute Gasteiger partial charge is 0.312 e. The van der Waals surface area contributed by atoms with Crippen molar-refractivity contribution in [1.82, 2.24) is 14.7 Å². The topological polar surface area (TPSA) is 109 Å². The molecule has 2 amide bonds. The molecule has 224 valence electrons. The van der Waals surface area contributed by atoms with E-state index in [1.165, 1.54) is 0 Å². The molecule has 0 aliphatic carbocycles. The highest BCUT2D eigenvalue weighted by Gasteiger charge is 2.79. The zero-order valence-corrected chi connectivity index (χ0v) is 24.2. The molecule has 0 saturated carbocycles. The Hall–Kier alpha value is -2.27. The summed E-state index contributed by atoms with van der Waals surface area (Å²) < 4.78 is 18.0. The number of aliphatic hydroxyl groups excluding tert-OH is 1. The second-order valence-corrected chi connectivity index (χ2v) is 11.4. The first kappa shape index (κ1) is 30.7. The van der Waals surface area contributed by atoms with E-state index < -0.39 is 41.1 Å². The Balaban J connectivity index is 1.67. The molecule has 4 aliphatic rings. The lowest BCUT2D eigenvalue weighted by molar-refractivity contribution is -0.163. The third kappa shape index (κ3) is 5.35. The van der Waals surface area contributed by atoms with E-state index in [4.69, 9.17) is 14.2 Å². The third-order valence-corrected chi connectivity index (χ3v) is 9.43. The number of allylic oxidation sites excluding steroid dienone is 1. The van der Waals surface area contributed by atoms with E-state index in [1.54, 1.807) is 22.0 Å². The van der Waals surface area contributed by atoms with E-state index in [9.17, 15) is 19.5 Å². The Morgan fingerprint density at radius 2 is 1.98 bits per heavy atom. The van der Waals surface area contributed by atoms with E-state index in [-0.39, 0.29) is 25.0 Å². The Labute approximate surface area is 238 Å². The van der Waals surface area contributed by atoms with Crippen LogP contribution < -0.4 is 0 Å². The third-order valence-electron chi connectivity index (χ3n) is 9.43. The summed E-state index contributed by atoms with van der Waals surface area (Å²) in [5.74, 6) is -2.57. The SMILES string of the molecule is C=CCCCOC(=O)[C@@H]1[C@H]2C(=O)N([C@@H](CC)CO)C(C(=O)N(CC=C)CCN3CCOCC3)C23CC[C@@]1(CC)O3. The van der Waals surface area contributed by atoms with Crippen molar-refractivity contribution in [2.24, 2.45) is 11.8 Å². The molecule has 6 atom stereocenters. The van der Waals surface area contributed by atoms with Gasteiger partial charge in [-0.05, 0) is 38.5 Å². The zero-order valence-electron chi connectivity index (χ0n) is 24.2. The van der Waals surface area contributed by atoms with Crippen molar-refractivity contribution in [1.29, 1.82) is 0 Å². The van der Waals surface area contributed by atoms with Gasteiger partial charge < -0.3 is 29.1 Å². The molecule has 2 unspecified atom stereocenters. The molecule has 0 aromatic heterocycles. The predicted molar refractivity (Wildman–Crippen MR) is 149 cm³/mol. The summed E-state index contributed by atoms with van der Waals surface area (Å²) in [6, 6.07) is -1.49. The minimum Gasteiger partial charge on any atom is -0.465 e. The fraction of sp³-hybridized carbons (Fsp3) is 0.767. The number of likely N-dealkylation sites (tertiary alicyclic amines) is 1. The molecule has 4 rings (SSSR count). The maximum absolute atomic E-state index is 14.5. The maximum Gasteiger partial charge on any atom is 0.312 e. The number of hydrogen-bond donors (Lipinski definition) is 1. The fourth-order valence-electron chi connectivity index (χ4n) is 7.30. The Bertz CT molecular complexity index is 950. The molecule has 2 bridgehead atoms. The standard InChI is InChI=1S/C30H47N3O7/c1-5-9-10-18-39-28(37)24-23-26(35)33(22(7-3)21-34)25(30(23)12-11-29(24,8-4)40-30)27(36)32(13-6-2)15-14-31-16-19-38-20-17-31/h5-6,22-25,34H,1-2,7-21H2,3-4H3/t22-,23-,24-,25?,29+,30?/m0/s1. The first-order valence-electron chi connectivity index (χ1n) is 14.9. The summed E-state index contributed by atoms with van der Waals surface area (Å²) >= 11 is 0. The van der Waals surface area contributed by atoms with Crippen LogP contribution in [0.15, 0.2) is 25.3 Å². The number of carbonyl (C=O) groups excluding carboxylic acids is 3. The molecule has 1 spiro atoms. The van der Waals surface area contributed by atoms with Gasteiger partial charge in [0.05, 0.1) is 44.0 Å². The number of nitrogens with zero attached hydrogens (tertiary/aromatic N) is 3. The molecule has 10 heteroatoms. The molecule has 4 heterocycles. The monoisotopic (exact) mass is 561 g/mol. The summed E-state index contributed by atoms with van der Waals surface area (Å²) in [5.41, 5.74) is -1.99. The number of hydrogen-bond acceptors (Lipinski definition) is 8. The predicted octanol–water partition coefficient (Wildman–Crippen LogP) is 1.77. The summed E-state index contributed by atoms with van der Waals surface area (Å²) in [6.45, 7) is 15.8. The number of carbonyl (C=O) groups is 3. The lowest BCUT2D eigenvalue weighted by Crippen LogP contribution is -2.59. The van der Waals surface area contributed by atoms with Gasteiger partial charge in [0.1, 0.15) is 17.6 Å². The lowest BCUT2D eigenvalue weighted by atomic mass is 9.65. The van der Waals surface area contributed by atoms with Gasteiger partial charge in [-0.2, -0.15) is 0 Å². The van der Waals surface area contributed by atoms with Gasteiger partial charge in [-0.3, -0.25) is 19.3 Å². The van der Waals surface area contributed by atoms with Crippen LogP contribution in [0.1, 0.15) is 52.4 Å². The first-order chi connectivity index (χ1) is 19.3. The average molecular weight is 562 g/mol. The largest absolute Gasteiger partial charge is 0.465 e. The molecule has 4 fully saturated rings. The number of aliphatic hydroxyl groups is 1. The summed E-state index contributed by atoms with van der Waals surface area (Å²) in [6.07, 6.45) is 6.93. The van der Waals surface area contributed by atoms with Crippen LogP contribution in [0.4, 0.5) is 0 Å². The van der Waals surface area contributed by atoms with Gasteiger partial charge in [-0.1, -0.05) is 26.0 Å². The summed E-state index contributed by atoms with van der Waals surface area (Å²) in [4.78, 5) is 47.9. The van der Waals surface area contributed by atoms with Gasteiger partial charge >= 0.3 is 5.97 Å². The van der Waals surface area contributed by atoms with E-state index in [0.29, 0.717) is 65.0 Å². The van der Waals surface area contributed by atoms with Gasteiger partial charge in [-0.25, -0.2) is 0 Å². The number of fused-ring (bicyclic) bond motifs is 1. The molecule has 10 nitrogen and oxygen atoms in total. The number of rotatable bonds is 15. The van der Waals surface area contributed by atoms with Crippen LogP contribution in [0.5, 0.6) is 0 Å². The van der Waals surface area contributed by atoms with Gasteiger partial charge in [0.25, 0.3) is 0 Å². The summed E-state index contributed by atoms with van der Waals surface area (Å²) in [7, 11) is 0. The van der Waals surface area contributed by atoms with Crippen LogP contribution in [-0.4, -0.2) is 120 Å². The number of morpholine rings is 1. The molecule has 1 N–H and O–H groups in total. The molecule has 40 heavy (non-hydrogen) atoms. The molecular formula is C30H47N3O7. The second-order valence-electron chi connectivity index (χ2n) is 11.4. The van der Waals surface area contributed by atoms with E-state index in [1.807, 2.05) is 13.8 Å². The van der Waals surface area contributed by atoms with Crippen molar-refractivity contribution in [3.05, 3.63) is 25.3 Å². The minimum absolute atomic E-state index is 0.220. The van der Waals surface area contributed by atoms with Gasteiger partial charge in [0, 0.05) is 32.7 Å². The lowest BCUT2D eigenvalue weighted by Gasteiger charge is -2.40. The quantitative estimate of drug-likeness (QED) is 0.183. The van der Waals surface area contributed by atoms with Gasteiger partial charge in [0.2, 0.25) is 11.8 Å². The highest BCUT2D eigenvalue weighted by atomic mass is 16.6. The average Bonchev–Trinajstić information content (AvgIpc) is 3.58. The van der Waals surface area contributed by atoms with Crippen molar-refractivity contribution in [2.45, 2.75) is 75.7 Å². The molecule has 0 radical (unpaired) electrons. The summed E-state index contributed by atoms with van der Waals surface area (Å²) in [5, 5.41) is 10.3. The van der Waals surface area contributed by atoms with Gasteiger partial charge in [0.15, 0.2) is 0 Å². The van der Waals surface area contributed by atoms with Crippen LogP contribution in [0, 0.1) is 11.8 Å². The number of esters is 1. The highest BCUT2D eigenvalue weighted by Crippen LogP contribution is 2.64. The van der Waals surface area contributed by atoms with Crippen LogP contribution in [0.2, 0.25) is 0 Å².